The lowest BCUT2D eigenvalue weighted by molar-refractivity contribution is -0.00500. The van der Waals surface area contributed by atoms with Crippen LogP contribution in [0.1, 0.15) is 20.8 Å². The molecule has 1 aromatic rings. The van der Waals surface area contributed by atoms with Crippen LogP contribution in [-0.4, -0.2) is 77.4 Å². The highest BCUT2D eigenvalue weighted by Gasteiger charge is 2.40. The van der Waals surface area contributed by atoms with Gasteiger partial charge in [0.05, 0.1) is 25.3 Å². The van der Waals surface area contributed by atoms with Crippen LogP contribution < -0.4 is 4.90 Å². The first-order valence-electron chi connectivity index (χ1n) is 9.00. The maximum Gasteiger partial charge on any atom is 0.410 e. The Kier molecular flexibility index (Phi) is 4.37. The van der Waals surface area contributed by atoms with Gasteiger partial charge in [-0.05, 0) is 42.8 Å². The zero-order chi connectivity index (χ0) is 19.3. The van der Waals surface area contributed by atoms with Crippen LogP contribution in [0.5, 0.6) is 0 Å². The Hall–Kier alpha value is -2.16. The molecule has 0 radical (unpaired) electrons. The number of hydrogen-bond donors (Lipinski definition) is 0. The molecule has 1 saturated heterocycles. The van der Waals surface area contributed by atoms with Crippen molar-refractivity contribution in [1.82, 2.24) is 14.8 Å². The second-order valence-electron chi connectivity index (χ2n) is 7.93. The second kappa shape index (κ2) is 6.47. The minimum absolute atomic E-state index is 0.139. The van der Waals surface area contributed by atoms with Crippen LogP contribution in [0.2, 0.25) is 0 Å². The molecule has 0 saturated carbocycles. The molecule has 3 aliphatic heterocycles. The zero-order valence-corrected chi connectivity index (χ0v) is 17.5. The van der Waals surface area contributed by atoms with E-state index < -0.39 is 0 Å². The third-order valence-corrected chi connectivity index (χ3v) is 5.49. The zero-order valence-electron chi connectivity index (χ0n) is 15.9. The summed E-state index contributed by atoms with van der Waals surface area (Å²) in [7, 11) is 1.76. The smallest absolute Gasteiger partial charge is 0.410 e. The molecule has 1 aromatic heterocycles. The lowest BCUT2D eigenvalue weighted by atomic mass is 10.1. The standard InChI is InChI=1S/C18H23BrN6O2/c1-18(2,3)23(4)17(26)27-12-9-24(10-12)16-15-20-5-6-25(15)13-7-11(19)8-21-14(13)22-16/h7-8,12H,5-6,9-10H2,1-4H3. The summed E-state index contributed by atoms with van der Waals surface area (Å²) < 4.78 is 6.53. The van der Waals surface area contributed by atoms with Gasteiger partial charge in [-0.1, -0.05) is 0 Å². The number of anilines is 1. The van der Waals surface area contributed by atoms with E-state index in [0.717, 1.165) is 34.9 Å². The van der Waals surface area contributed by atoms with Gasteiger partial charge in [0.15, 0.2) is 17.5 Å². The van der Waals surface area contributed by atoms with Crippen molar-refractivity contribution < 1.29 is 9.53 Å². The monoisotopic (exact) mass is 434 g/mol. The van der Waals surface area contributed by atoms with E-state index in [1.165, 1.54) is 0 Å². The number of aromatic nitrogens is 1. The number of fused-ring (bicyclic) bond motifs is 3. The fourth-order valence-corrected chi connectivity index (χ4v) is 3.44. The first kappa shape index (κ1) is 18.2. The maximum atomic E-state index is 12.3. The van der Waals surface area contributed by atoms with Gasteiger partial charge < -0.3 is 19.4 Å². The summed E-state index contributed by atoms with van der Waals surface area (Å²) in [5.41, 5.74) is 0.705. The van der Waals surface area contributed by atoms with Crippen LogP contribution in [0.15, 0.2) is 26.7 Å². The molecule has 0 atom stereocenters. The SMILES string of the molecule is CN(C(=O)OC1CN(C2=Nc3ncc(Br)cc3N3CCN=C23)C1)C(C)(C)C. The van der Waals surface area contributed by atoms with Crippen molar-refractivity contribution >= 4 is 45.2 Å². The number of hydrogen-bond acceptors (Lipinski definition) is 7. The Morgan fingerprint density at radius 1 is 1.33 bits per heavy atom. The number of carbonyl (C=O) groups excluding carboxylic acids is 1. The fraction of sp³-hybridized carbons (Fsp3) is 0.556. The minimum Gasteiger partial charge on any atom is -0.442 e. The van der Waals surface area contributed by atoms with Gasteiger partial charge >= 0.3 is 6.09 Å². The Morgan fingerprint density at radius 3 is 2.78 bits per heavy atom. The summed E-state index contributed by atoms with van der Waals surface area (Å²) in [4.78, 5) is 31.9. The average Bonchev–Trinajstić information content (AvgIpc) is 3.06. The van der Waals surface area contributed by atoms with Crippen LogP contribution in [0.4, 0.5) is 16.3 Å². The molecule has 3 aliphatic rings. The number of aliphatic imine (C=N–C) groups is 2. The summed E-state index contributed by atoms with van der Waals surface area (Å²) in [5.74, 6) is 2.38. The van der Waals surface area contributed by atoms with E-state index in [9.17, 15) is 4.79 Å². The second-order valence-corrected chi connectivity index (χ2v) is 8.84. The lowest BCUT2D eigenvalue weighted by Crippen LogP contribution is -2.60. The summed E-state index contributed by atoms with van der Waals surface area (Å²) >= 11 is 3.47. The van der Waals surface area contributed by atoms with E-state index in [1.807, 2.05) is 26.8 Å². The highest BCUT2D eigenvalue weighted by atomic mass is 79.9. The molecule has 0 spiro atoms. The molecule has 4 rings (SSSR count). The van der Waals surface area contributed by atoms with Gasteiger partial charge in [-0.3, -0.25) is 4.99 Å². The van der Waals surface area contributed by atoms with Crippen molar-refractivity contribution in [2.45, 2.75) is 32.4 Å². The van der Waals surface area contributed by atoms with E-state index in [-0.39, 0.29) is 17.7 Å². The Bertz CT molecular complexity index is 841. The summed E-state index contributed by atoms with van der Waals surface area (Å²) in [6.45, 7) is 8.72. The number of halogens is 1. The van der Waals surface area contributed by atoms with Crippen molar-refractivity contribution in [2.24, 2.45) is 9.98 Å². The normalized spacial score (nSPS) is 19.0. The Balaban J connectivity index is 1.46. The van der Waals surface area contributed by atoms with Crippen LogP contribution in [0, 0.1) is 0 Å². The lowest BCUT2D eigenvalue weighted by Gasteiger charge is -2.43. The third kappa shape index (κ3) is 3.28. The number of rotatable bonds is 1. The predicted molar refractivity (Wildman–Crippen MR) is 108 cm³/mol. The molecule has 0 aromatic carbocycles. The summed E-state index contributed by atoms with van der Waals surface area (Å²) in [6.07, 6.45) is 1.32. The molecule has 1 amide bonds. The molecule has 8 nitrogen and oxygen atoms in total. The summed E-state index contributed by atoms with van der Waals surface area (Å²) in [5, 5.41) is 0. The quantitative estimate of drug-likeness (QED) is 0.678. The number of nitrogens with zero attached hydrogens (tertiary/aromatic N) is 6. The molecule has 0 aliphatic carbocycles. The van der Waals surface area contributed by atoms with E-state index >= 15 is 0 Å². The number of pyridine rings is 1. The van der Waals surface area contributed by atoms with E-state index in [0.29, 0.717) is 18.9 Å². The van der Waals surface area contributed by atoms with Crippen molar-refractivity contribution in [3.63, 3.8) is 0 Å². The highest BCUT2D eigenvalue weighted by molar-refractivity contribution is 9.10. The van der Waals surface area contributed by atoms with Crippen LogP contribution >= 0.6 is 15.9 Å². The van der Waals surface area contributed by atoms with Crippen molar-refractivity contribution in [1.29, 1.82) is 0 Å². The largest absolute Gasteiger partial charge is 0.442 e. The van der Waals surface area contributed by atoms with E-state index in [2.05, 4.69) is 35.7 Å². The van der Waals surface area contributed by atoms with Gasteiger partial charge in [0.1, 0.15) is 6.10 Å². The van der Waals surface area contributed by atoms with Gasteiger partial charge in [0.2, 0.25) is 0 Å². The molecule has 27 heavy (non-hydrogen) atoms. The van der Waals surface area contributed by atoms with Gasteiger partial charge in [-0.15, -0.1) is 0 Å². The molecule has 0 N–H and O–H groups in total. The van der Waals surface area contributed by atoms with E-state index in [4.69, 9.17) is 9.73 Å². The van der Waals surface area contributed by atoms with E-state index in [1.54, 1.807) is 18.1 Å². The molecule has 144 valence electrons. The van der Waals surface area contributed by atoms with Crippen LogP contribution in [0.25, 0.3) is 0 Å². The molecule has 9 heteroatoms. The number of carbonyl (C=O) groups is 1. The van der Waals surface area contributed by atoms with Crippen LogP contribution in [0.3, 0.4) is 0 Å². The van der Waals surface area contributed by atoms with Gasteiger partial charge in [-0.2, -0.15) is 0 Å². The molecule has 0 bridgehead atoms. The predicted octanol–water partition coefficient (Wildman–Crippen LogP) is 2.66. The molecule has 4 heterocycles. The fourth-order valence-electron chi connectivity index (χ4n) is 3.12. The van der Waals surface area contributed by atoms with Crippen molar-refractivity contribution in [3.8, 4) is 0 Å². The minimum atomic E-state index is -0.297. The average molecular weight is 435 g/mol. The van der Waals surface area contributed by atoms with Gasteiger partial charge in [0, 0.05) is 29.8 Å². The Morgan fingerprint density at radius 2 is 2.07 bits per heavy atom. The number of amides is 1. The van der Waals surface area contributed by atoms with Crippen molar-refractivity contribution in [2.75, 3.05) is 38.1 Å². The molecule has 0 unspecified atom stereocenters. The third-order valence-electron chi connectivity index (χ3n) is 5.05. The number of likely N-dealkylation sites (tertiary alicyclic amines) is 1. The topological polar surface area (TPSA) is 73.6 Å². The van der Waals surface area contributed by atoms with Crippen LogP contribution in [-0.2, 0) is 4.74 Å². The molecular weight excluding hydrogens is 412 g/mol. The van der Waals surface area contributed by atoms with Gasteiger partial charge in [-0.25, -0.2) is 14.8 Å². The summed E-state index contributed by atoms with van der Waals surface area (Å²) in [6, 6.07) is 2.02. The molecule has 1 fully saturated rings. The maximum absolute atomic E-state index is 12.3. The number of amidine groups is 2. The molecular formula is C18H23BrN6O2. The highest BCUT2D eigenvalue weighted by Crippen LogP contribution is 2.36. The first-order chi connectivity index (χ1) is 12.7. The number of ether oxygens (including phenoxy) is 1. The van der Waals surface area contributed by atoms with Crippen molar-refractivity contribution in [3.05, 3.63) is 16.7 Å². The van der Waals surface area contributed by atoms with Gasteiger partial charge in [0.25, 0.3) is 0 Å². The Labute approximate surface area is 167 Å². The first-order valence-corrected chi connectivity index (χ1v) is 9.79.